The lowest BCUT2D eigenvalue weighted by atomic mass is 10.0. The number of anilines is 1. The number of hydrogen-bond donors (Lipinski definition) is 1. The molecule has 0 aromatic heterocycles. The Balaban J connectivity index is 1.22. The Morgan fingerprint density at radius 1 is 1.10 bits per heavy atom. The van der Waals surface area contributed by atoms with Gasteiger partial charge in [0.2, 0.25) is 5.91 Å². The number of halogens is 2. The standard InChI is InChI=1S/C24H24F2N4O/c25-17-3-8-21(22(26)11-17)24(9-10-24)28-13-23(31)29-14-19-6-7-20(15-29)30(19)18-4-1-16(12-27)2-5-18/h1-5,8,11,19-20,28H,6-7,9-10,13-15H2. The summed E-state index contributed by atoms with van der Waals surface area (Å²) >= 11 is 0. The minimum atomic E-state index is -0.594. The summed E-state index contributed by atoms with van der Waals surface area (Å²) in [5.41, 5.74) is 1.62. The largest absolute Gasteiger partial charge is 0.362 e. The molecule has 2 heterocycles. The molecule has 3 fully saturated rings. The second kappa shape index (κ2) is 7.61. The minimum Gasteiger partial charge on any atom is -0.362 e. The molecule has 160 valence electrons. The molecule has 0 radical (unpaired) electrons. The van der Waals surface area contributed by atoms with Gasteiger partial charge in [0, 0.05) is 48.0 Å². The lowest BCUT2D eigenvalue weighted by Gasteiger charge is -2.42. The molecule has 31 heavy (non-hydrogen) atoms. The van der Waals surface area contributed by atoms with Crippen molar-refractivity contribution >= 4 is 11.6 Å². The van der Waals surface area contributed by atoms with Gasteiger partial charge in [-0.2, -0.15) is 5.26 Å². The van der Waals surface area contributed by atoms with Gasteiger partial charge in [-0.15, -0.1) is 0 Å². The summed E-state index contributed by atoms with van der Waals surface area (Å²) in [4.78, 5) is 17.2. The maximum Gasteiger partial charge on any atom is 0.236 e. The molecule has 1 aliphatic carbocycles. The second-order valence-electron chi connectivity index (χ2n) is 8.81. The zero-order valence-electron chi connectivity index (χ0n) is 17.2. The van der Waals surface area contributed by atoms with E-state index in [1.165, 1.54) is 12.1 Å². The summed E-state index contributed by atoms with van der Waals surface area (Å²) in [6.45, 7) is 1.47. The van der Waals surface area contributed by atoms with Crippen molar-refractivity contribution in [1.82, 2.24) is 10.2 Å². The van der Waals surface area contributed by atoms with Gasteiger partial charge in [-0.05, 0) is 56.0 Å². The summed E-state index contributed by atoms with van der Waals surface area (Å²) in [6, 6.07) is 14.0. The van der Waals surface area contributed by atoms with Crippen LogP contribution >= 0.6 is 0 Å². The Labute approximate surface area is 180 Å². The topological polar surface area (TPSA) is 59.4 Å². The summed E-state index contributed by atoms with van der Waals surface area (Å²) in [5.74, 6) is -1.14. The second-order valence-corrected chi connectivity index (χ2v) is 8.81. The molecule has 2 aliphatic heterocycles. The van der Waals surface area contributed by atoms with Crippen molar-refractivity contribution in [2.75, 3.05) is 24.5 Å². The Hall–Kier alpha value is -2.98. The highest BCUT2D eigenvalue weighted by atomic mass is 19.1. The average molecular weight is 422 g/mol. The van der Waals surface area contributed by atoms with Gasteiger partial charge in [-0.3, -0.25) is 10.1 Å². The number of nitrogens with one attached hydrogen (secondary N) is 1. The molecule has 1 N–H and O–H groups in total. The van der Waals surface area contributed by atoms with Gasteiger partial charge in [0.1, 0.15) is 11.6 Å². The molecule has 7 heteroatoms. The number of carbonyl (C=O) groups is 1. The van der Waals surface area contributed by atoms with Crippen LogP contribution in [-0.4, -0.2) is 42.5 Å². The molecular weight excluding hydrogens is 398 g/mol. The quantitative estimate of drug-likeness (QED) is 0.803. The zero-order chi connectivity index (χ0) is 21.6. The van der Waals surface area contributed by atoms with E-state index in [1.54, 1.807) is 0 Å². The third kappa shape index (κ3) is 3.66. The minimum absolute atomic E-state index is 0.0187. The van der Waals surface area contributed by atoms with Gasteiger partial charge in [-0.25, -0.2) is 8.78 Å². The number of likely N-dealkylation sites (tertiary alicyclic amines) is 1. The lowest BCUT2D eigenvalue weighted by molar-refractivity contribution is -0.131. The number of nitrogens with zero attached hydrogens (tertiary/aromatic N) is 3. The van der Waals surface area contributed by atoms with Crippen LogP contribution in [0.25, 0.3) is 0 Å². The van der Waals surface area contributed by atoms with Gasteiger partial charge in [-0.1, -0.05) is 6.07 Å². The number of benzene rings is 2. The first kappa shape index (κ1) is 20.0. The Morgan fingerprint density at radius 2 is 1.77 bits per heavy atom. The van der Waals surface area contributed by atoms with Crippen LogP contribution in [0.5, 0.6) is 0 Å². The van der Waals surface area contributed by atoms with Gasteiger partial charge < -0.3 is 9.80 Å². The average Bonchev–Trinajstić information content (AvgIpc) is 3.51. The van der Waals surface area contributed by atoms with Crippen LogP contribution in [0.3, 0.4) is 0 Å². The predicted octanol–water partition coefficient (Wildman–Crippen LogP) is 3.29. The third-order valence-corrected chi connectivity index (χ3v) is 6.90. The van der Waals surface area contributed by atoms with E-state index in [2.05, 4.69) is 16.3 Å². The predicted molar refractivity (Wildman–Crippen MR) is 112 cm³/mol. The highest BCUT2D eigenvalue weighted by molar-refractivity contribution is 5.79. The lowest BCUT2D eigenvalue weighted by Crippen LogP contribution is -2.57. The fourth-order valence-corrected chi connectivity index (χ4v) is 5.14. The molecule has 5 rings (SSSR count). The molecule has 2 saturated heterocycles. The molecule has 2 aromatic rings. The first-order chi connectivity index (χ1) is 15.0. The molecule has 5 nitrogen and oxygen atoms in total. The maximum atomic E-state index is 14.2. The molecule has 2 bridgehead atoms. The van der Waals surface area contributed by atoms with E-state index in [-0.39, 0.29) is 24.5 Å². The van der Waals surface area contributed by atoms with Crippen molar-refractivity contribution in [3.8, 4) is 6.07 Å². The number of hydrogen-bond acceptors (Lipinski definition) is 4. The SMILES string of the molecule is N#Cc1ccc(N2C3CCC2CN(C(=O)CNC2(c4ccc(F)cc4F)CC2)C3)cc1. The number of amides is 1. The van der Waals surface area contributed by atoms with Gasteiger partial charge in [0.05, 0.1) is 18.2 Å². The van der Waals surface area contributed by atoms with E-state index in [1.807, 2.05) is 29.2 Å². The molecule has 2 atom stereocenters. The van der Waals surface area contributed by atoms with E-state index in [4.69, 9.17) is 5.26 Å². The van der Waals surface area contributed by atoms with E-state index >= 15 is 0 Å². The van der Waals surface area contributed by atoms with Gasteiger partial charge in [0.15, 0.2) is 0 Å². The van der Waals surface area contributed by atoms with Crippen molar-refractivity contribution in [1.29, 1.82) is 5.26 Å². The summed E-state index contributed by atoms with van der Waals surface area (Å²) in [7, 11) is 0. The summed E-state index contributed by atoms with van der Waals surface area (Å²) < 4.78 is 27.5. The van der Waals surface area contributed by atoms with Crippen molar-refractivity contribution in [2.45, 2.75) is 43.3 Å². The van der Waals surface area contributed by atoms with Gasteiger partial charge in [0.25, 0.3) is 0 Å². The highest BCUT2D eigenvalue weighted by Gasteiger charge is 2.47. The van der Waals surface area contributed by atoms with Crippen LogP contribution in [-0.2, 0) is 10.3 Å². The Morgan fingerprint density at radius 3 is 2.35 bits per heavy atom. The summed E-state index contributed by atoms with van der Waals surface area (Å²) in [5, 5.41) is 12.3. The fraction of sp³-hybridized carbons (Fsp3) is 0.417. The normalized spacial score (nSPS) is 23.5. The molecule has 3 aliphatic rings. The number of rotatable bonds is 5. The highest BCUT2D eigenvalue weighted by Crippen LogP contribution is 2.46. The maximum absolute atomic E-state index is 14.2. The van der Waals surface area contributed by atoms with Crippen LogP contribution in [0.4, 0.5) is 14.5 Å². The molecular formula is C24H24F2N4O. The van der Waals surface area contributed by atoms with Crippen molar-refractivity contribution in [2.24, 2.45) is 0 Å². The smallest absolute Gasteiger partial charge is 0.236 e. The number of carbonyl (C=O) groups excluding carboxylic acids is 1. The van der Waals surface area contributed by atoms with Crippen molar-refractivity contribution in [3.63, 3.8) is 0 Å². The molecule has 1 saturated carbocycles. The molecule has 2 unspecified atom stereocenters. The summed E-state index contributed by atoms with van der Waals surface area (Å²) in [6.07, 6.45) is 3.54. The van der Waals surface area contributed by atoms with E-state index in [9.17, 15) is 13.6 Å². The first-order valence-electron chi connectivity index (χ1n) is 10.8. The Kier molecular flexibility index (Phi) is 4.90. The van der Waals surface area contributed by atoms with Crippen LogP contribution in [0, 0.1) is 23.0 Å². The van der Waals surface area contributed by atoms with Crippen LogP contribution in [0.15, 0.2) is 42.5 Å². The van der Waals surface area contributed by atoms with Gasteiger partial charge >= 0.3 is 0 Å². The number of piperazine rings is 1. The van der Waals surface area contributed by atoms with E-state index in [0.717, 1.165) is 37.4 Å². The van der Waals surface area contributed by atoms with Crippen molar-refractivity contribution in [3.05, 3.63) is 65.2 Å². The van der Waals surface area contributed by atoms with Crippen molar-refractivity contribution < 1.29 is 13.6 Å². The molecule has 1 amide bonds. The van der Waals surface area contributed by atoms with E-state index < -0.39 is 17.2 Å². The number of nitriles is 1. The third-order valence-electron chi connectivity index (χ3n) is 6.90. The molecule has 0 spiro atoms. The van der Waals surface area contributed by atoms with Crippen LogP contribution in [0.2, 0.25) is 0 Å². The first-order valence-corrected chi connectivity index (χ1v) is 10.8. The van der Waals surface area contributed by atoms with Crippen LogP contribution in [0.1, 0.15) is 36.8 Å². The Bertz CT molecular complexity index is 1030. The molecule has 2 aromatic carbocycles. The van der Waals surface area contributed by atoms with Crippen LogP contribution < -0.4 is 10.2 Å². The number of fused-ring (bicyclic) bond motifs is 2. The fourth-order valence-electron chi connectivity index (χ4n) is 5.14. The monoisotopic (exact) mass is 422 g/mol. The van der Waals surface area contributed by atoms with E-state index in [0.29, 0.717) is 24.2 Å². The zero-order valence-corrected chi connectivity index (χ0v) is 17.2.